The van der Waals surface area contributed by atoms with Gasteiger partial charge in [0.15, 0.2) is 0 Å². The van der Waals surface area contributed by atoms with Gasteiger partial charge in [0, 0.05) is 28.9 Å². The predicted octanol–water partition coefficient (Wildman–Crippen LogP) is 3.79. The molecule has 0 atom stereocenters. The summed E-state index contributed by atoms with van der Waals surface area (Å²) in [5.41, 5.74) is 5.44. The summed E-state index contributed by atoms with van der Waals surface area (Å²) in [6.45, 7) is 0. The van der Waals surface area contributed by atoms with Crippen LogP contribution in [0.2, 0.25) is 0 Å². The monoisotopic (exact) mass is 298 g/mol. The molecule has 0 saturated carbocycles. The molecule has 0 aliphatic carbocycles. The van der Waals surface area contributed by atoms with Crippen molar-refractivity contribution in [3.8, 4) is 11.3 Å². The third-order valence-corrected chi connectivity index (χ3v) is 3.45. The summed E-state index contributed by atoms with van der Waals surface area (Å²) in [6, 6.07) is 9.99. The molecule has 1 N–H and O–H groups in total. The Morgan fingerprint density at radius 1 is 1.19 bits per heavy atom. The van der Waals surface area contributed by atoms with Crippen molar-refractivity contribution >= 4 is 22.7 Å². The van der Waals surface area contributed by atoms with Gasteiger partial charge >= 0.3 is 0 Å². The highest BCUT2D eigenvalue weighted by Gasteiger charge is 2.03. The molecule has 6 heteroatoms. The number of nitrogens with one attached hydrogen (secondary N) is 1. The first-order valence-corrected chi connectivity index (χ1v) is 7.10. The second kappa shape index (κ2) is 6.23. The van der Waals surface area contributed by atoms with Crippen molar-refractivity contribution in [3.63, 3.8) is 0 Å². The van der Waals surface area contributed by atoms with E-state index < -0.39 is 0 Å². The molecule has 0 aliphatic heterocycles. The molecule has 104 valence electrons. The minimum atomic E-state index is -0.256. The van der Waals surface area contributed by atoms with Crippen LogP contribution in [0.1, 0.15) is 5.56 Å². The maximum Gasteiger partial charge on any atom is 0.203 e. The van der Waals surface area contributed by atoms with Crippen LogP contribution >= 0.6 is 11.3 Å². The summed E-state index contributed by atoms with van der Waals surface area (Å²) in [5.74, 6) is -0.256. The van der Waals surface area contributed by atoms with Crippen molar-refractivity contribution in [3.05, 3.63) is 65.6 Å². The number of aromatic nitrogens is 2. The van der Waals surface area contributed by atoms with Gasteiger partial charge < -0.3 is 0 Å². The SMILES string of the molecule is Fc1ccc(-c2csc(N/N=C/c3cccnc3)n2)cc1. The molecule has 0 radical (unpaired) electrons. The first-order valence-electron chi connectivity index (χ1n) is 6.22. The van der Waals surface area contributed by atoms with Gasteiger partial charge in [0.05, 0.1) is 11.9 Å². The Morgan fingerprint density at radius 3 is 2.81 bits per heavy atom. The van der Waals surface area contributed by atoms with E-state index in [-0.39, 0.29) is 5.82 Å². The molecule has 4 nitrogen and oxygen atoms in total. The molecule has 0 saturated heterocycles. The molecular formula is C15H11FN4S. The quantitative estimate of drug-likeness (QED) is 0.589. The number of hydrazone groups is 1. The predicted molar refractivity (Wildman–Crippen MR) is 83.0 cm³/mol. The molecule has 2 aromatic heterocycles. The van der Waals surface area contributed by atoms with Crippen molar-refractivity contribution in [2.24, 2.45) is 5.10 Å². The van der Waals surface area contributed by atoms with Crippen LogP contribution in [0, 0.1) is 5.82 Å². The Kier molecular flexibility index (Phi) is 3.97. The molecule has 21 heavy (non-hydrogen) atoms. The van der Waals surface area contributed by atoms with Crippen molar-refractivity contribution in [2.75, 3.05) is 5.43 Å². The molecule has 0 spiro atoms. The Hall–Kier alpha value is -2.60. The lowest BCUT2D eigenvalue weighted by Crippen LogP contribution is -1.90. The fourth-order valence-corrected chi connectivity index (χ4v) is 2.36. The van der Waals surface area contributed by atoms with Gasteiger partial charge in [0.1, 0.15) is 5.82 Å². The number of benzene rings is 1. The molecule has 0 amide bonds. The summed E-state index contributed by atoms with van der Waals surface area (Å²) in [6.07, 6.45) is 5.10. The summed E-state index contributed by atoms with van der Waals surface area (Å²) < 4.78 is 12.9. The van der Waals surface area contributed by atoms with E-state index in [0.717, 1.165) is 16.8 Å². The first-order chi connectivity index (χ1) is 10.3. The van der Waals surface area contributed by atoms with Crippen molar-refractivity contribution < 1.29 is 4.39 Å². The van der Waals surface area contributed by atoms with Crippen LogP contribution in [0.25, 0.3) is 11.3 Å². The van der Waals surface area contributed by atoms with Gasteiger partial charge in [-0.15, -0.1) is 11.3 Å². The maximum atomic E-state index is 12.9. The Labute approximate surface area is 125 Å². The minimum Gasteiger partial charge on any atom is -0.264 e. The number of halogens is 1. The smallest absolute Gasteiger partial charge is 0.203 e. The highest BCUT2D eigenvalue weighted by molar-refractivity contribution is 7.14. The molecule has 0 aliphatic rings. The number of rotatable bonds is 4. The molecule has 0 bridgehead atoms. The van der Waals surface area contributed by atoms with Gasteiger partial charge in [0.2, 0.25) is 5.13 Å². The lowest BCUT2D eigenvalue weighted by atomic mass is 10.2. The van der Waals surface area contributed by atoms with Crippen LogP contribution in [0.5, 0.6) is 0 Å². The zero-order valence-electron chi connectivity index (χ0n) is 10.9. The summed E-state index contributed by atoms with van der Waals surface area (Å²) >= 11 is 1.44. The Bertz CT molecular complexity index is 738. The minimum absolute atomic E-state index is 0.256. The van der Waals surface area contributed by atoms with Crippen molar-refractivity contribution in [1.29, 1.82) is 0 Å². The third-order valence-electron chi connectivity index (χ3n) is 2.70. The van der Waals surface area contributed by atoms with Gasteiger partial charge in [-0.05, 0) is 30.3 Å². The lowest BCUT2D eigenvalue weighted by Gasteiger charge is -1.96. The van der Waals surface area contributed by atoms with Gasteiger partial charge in [0.25, 0.3) is 0 Å². The number of thiazole rings is 1. The number of hydrogen-bond acceptors (Lipinski definition) is 5. The molecule has 0 fully saturated rings. The van der Waals surface area contributed by atoms with E-state index in [9.17, 15) is 4.39 Å². The second-order valence-electron chi connectivity index (χ2n) is 4.20. The lowest BCUT2D eigenvalue weighted by molar-refractivity contribution is 0.628. The standard InChI is InChI=1S/C15H11FN4S/c16-13-5-3-12(4-6-13)14-10-21-15(19-14)20-18-9-11-2-1-7-17-8-11/h1-10H,(H,19,20)/b18-9+. The highest BCUT2D eigenvalue weighted by atomic mass is 32.1. The first kappa shape index (κ1) is 13.4. The molecule has 0 unspecified atom stereocenters. The van der Waals surface area contributed by atoms with E-state index in [2.05, 4.69) is 20.5 Å². The van der Waals surface area contributed by atoms with Crippen molar-refractivity contribution in [2.45, 2.75) is 0 Å². The normalized spacial score (nSPS) is 10.9. The fourth-order valence-electron chi connectivity index (χ4n) is 1.69. The molecular weight excluding hydrogens is 287 g/mol. The molecule has 3 rings (SSSR count). The van der Waals surface area contributed by atoms with Crippen molar-refractivity contribution in [1.82, 2.24) is 9.97 Å². The van der Waals surface area contributed by atoms with E-state index in [4.69, 9.17) is 0 Å². The van der Waals surface area contributed by atoms with Gasteiger partial charge in [-0.25, -0.2) is 9.37 Å². The van der Waals surface area contributed by atoms with Crippen LogP contribution in [0.3, 0.4) is 0 Å². The topological polar surface area (TPSA) is 50.2 Å². The molecule has 1 aromatic carbocycles. The fraction of sp³-hybridized carbons (Fsp3) is 0. The van der Waals surface area contributed by atoms with Crippen LogP contribution in [-0.4, -0.2) is 16.2 Å². The zero-order valence-corrected chi connectivity index (χ0v) is 11.7. The summed E-state index contributed by atoms with van der Waals surface area (Å²) in [7, 11) is 0. The third kappa shape index (κ3) is 3.49. The Balaban J connectivity index is 1.68. The second-order valence-corrected chi connectivity index (χ2v) is 5.06. The van der Waals surface area contributed by atoms with E-state index in [0.29, 0.717) is 5.13 Å². The number of nitrogens with zero attached hydrogens (tertiary/aromatic N) is 3. The van der Waals surface area contributed by atoms with Crippen LogP contribution in [0.4, 0.5) is 9.52 Å². The highest BCUT2D eigenvalue weighted by Crippen LogP contribution is 2.24. The van der Waals surface area contributed by atoms with Crippen LogP contribution < -0.4 is 5.43 Å². The summed E-state index contributed by atoms with van der Waals surface area (Å²) in [4.78, 5) is 8.40. The number of hydrogen-bond donors (Lipinski definition) is 1. The van der Waals surface area contributed by atoms with Gasteiger partial charge in [-0.1, -0.05) is 6.07 Å². The zero-order chi connectivity index (χ0) is 14.5. The number of pyridine rings is 1. The van der Waals surface area contributed by atoms with Crippen LogP contribution in [-0.2, 0) is 0 Å². The van der Waals surface area contributed by atoms with E-state index in [1.54, 1.807) is 30.7 Å². The van der Waals surface area contributed by atoms with Crippen LogP contribution in [0.15, 0.2) is 59.3 Å². The van der Waals surface area contributed by atoms with Gasteiger partial charge in [-0.3, -0.25) is 10.4 Å². The van der Waals surface area contributed by atoms with E-state index in [1.807, 2.05) is 17.5 Å². The summed E-state index contributed by atoms with van der Waals surface area (Å²) in [5, 5.41) is 6.68. The Morgan fingerprint density at radius 2 is 2.05 bits per heavy atom. The van der Waals surface area contributed by atoms with E-state index >= 15 is 0 Å². The average molecular weight is 298 g/mol. The average Bonchev–Trinajstić information content (AvgIpc) is 2.98. The maximum absolute atomic E-state index is 12.9. The van der Waals surface area contributed by atoms with E-state index in [1.165, 1.54) is 23.5 Å². The largest absolute Gasteiger partial charge is 0.264 e. The number of anilines is 1. The molecule has 3 aromatic rings. The van der Waals surface area contributed by atoms with Gasteiger partial charge in [-0.2, -0.15) is 5.10 Å². The molecule has 2 heterocycles.